The van der Waals surface area contributed by atoms with E-state index in [0.29, 0.717) is 18.5 Å². The van der Waals surface area contributed by atoms with Crippen LogP contribution in [0.15, 0.2) is 24.3 Å². The largest absolute Gasteiger partial charge is 0.481 e. The first-order valence-corrected chi connectivity index (χ1v) is 5.45. The van der Waals surface area contributed by atoms with Crippen LogP contribution in [-0.2, 0) is 4.79 Å². The lowest BCUT2D eigenvalue weighted by molar-refractivity contribution is -0.137. The standard InChI is InChI=1S/C12H16N2O3/c13-12(17)9-4-6-10(7-5-9)14-8-2-1-3-11(15)16/h4-7,14H,1-3,8H2,(H2,13,17)(H,15,16). The number of rotatable bonds is 7. The summed E-state index contributed by atoms with van der Waals surface area (Å²) < 4.78 is 0. The molecule has 0 saturated carbocycles. The van der Waals surface area contributed by atoms with Crippen LogP contribution in [0.5, 0.6) is 0 Å². The SMILES string of the molecule is NC(=O)c1ccc(NCCCCC(=O)O)cc1. The monoisotopic (exact) mass is 236 g/mol. The maximum Gasteiger partial charge on any atom is 0.303 e. The van der Waals surface area contributed by atoms with Crippen LogP contribution < -0.4 is 11.1 Å². The Morgan fingerprint density at radius 3 is 2.35 bits per heavy atom. The molecule has 17 heavy (non-hydrogen) atoms. The van der Waals surface area contributed by atoms with E-state index in [9.17, 15) is 9.59 Å². The summed E-state index contributed by atoms with van der Waals surface area (Å²) in [6.45, 7) is 0.712. The number of amides is 1. The first kappa shape index (κ1) is 13.0. The van der Waals surface area contributed by atoms with Gasteiger partial charge in [0.05, 0.1) is 0 Å². The topological polar surface area (TPSA) is 92.4 Å². The Morgan fingerprint density at radius 2 is 1.82 bits per heavy atom. The van der Waals surface area contributed by atoms with E-state index in [1.165, 1.54) is 0 Å². The number of nitrogens with two attached hydrogens (primary N) is 1. The third-order valence-corrected chi connectivity index (χ3v) is 2.32. The molecule has 0 aliphatic heterocycles. The number of carboxylic acid groups (broad SMARTS) is 1. The molecule has 0 aliphatic rings. The van der Waals surface area contributed by atoms with Crippen molar-refractivity contribution in [2.75, 3.05) is 11.9 Å². The van der Waals surface area contributed by atoms with Crippen molar-refractivity contribution in [3.8, 4) is 0 Å². The first-order chi connectivity index (χ1) is 8.09. The third kappa shape index (κ3) is 5.01. The Morgan fingerprint density at radius 1 is 1.18 bits per heavy atom. The van der Waals surface area contributed by atoms with Crippen molar-refractivity contribution in [1.29, 1.82) is 0 Å². The maximum atomic E-state index is 10.8. The van der Waals surface area contributed by atoms with Gasteiger partial charge in [0.1, 0.15) is 0 Å². The van der Waals surface area contributed by atoms with Gasteiger partial charge in [-0.1, -0.05) is 0 Å². The van der Waals surface area contributed by atoms with Crippen molar-refractivity contribution in [3.63, 3.8) is 0 Å². The molecule has 1 aromatic carbocycles. The van der Waals surface area contributed by atoms with Gasteiger partial charge in [0.15, 0.2) is 0 Å². The third-order valence-electron chi connectivity index (χ3n) is 2.32. The minimum atomic E-state index is -0.768. The number of nitrogens with one attached hydrogen (secondary N) is 1. The van der Waals surface area contributed by atoms with Crippen LogP contribution in [0.3, 0.4) is 0 Å². The summed E-state index contributed by atoms with van der Waals surface area (Å²) in [5.41, 5.74) is 6.48. The summed E-state index contributed by atoms with van der Waals surface area (Å²) in [4.78, 5) is 21.1. The summed E-state index contributed by atoms with van der Waals surface area (Å²) in [6.07, 6.45) is 1.65. The second-order valence-corrected chi connectivity index (χ2v) is 3.72. The van der Waals surface area contributed by atoms with Gasteiger partial charge >= 0.3 is 5.97 Å². The Bertz CT molecular complexity index is 387. The van der Waals surface area contributed by atoms with E-state index in [4.69, 9.17) is 10.8 Å². The van der Waals surface area contributed by atoms with Crippen molar-refractivity contribution in [3.05, 3.63) is 29.8 Å². The van der Waals surface area contributed by atoms with Crippen molar-refractivity contribution < 1.29 is 14.7 Å². The lowest BCUT2D eigenvalue weighted by Gasteiger charge is -2.06. The molecule has 0 atom stereocenters. The number of primary amides is 1. The number of aliphatic carboxylic acids is 1. The smallest absolute Gasteiger partial charge is 0.303 e. The minimum absolute atomic E-state index is 0.197. The molecule has 0 fully saturated rings. The quantitative estimate of drug-likeness (QED) is 0.625. The molecule has 0 spiro atoms. The maximum absolute atomic E-state index is 10.8. The lowest BCUT2D eigenvalue weighted by atomic mass is 10.2. The molecule has 92 valence electrons. The van der Waals surface area contributed by atoms with Crippen LogP contribution in [0.1, 0.15) is 29.6 Å². The summed E-state index contributed by atoms with van der Waals surface area (Å²) in [6, 6.07) is 6.86. The van der Waals surface area contributed by atoms with E-state index in [2.05, 4.69) is 5.32 Å². The molecule has 1 aromatic rings. The van der Waals surface area contributed by atoms with Crippen LogP contribution in [0.25, 0.3) is 0 Å². The average Bonchev–Trinajstić information content (AvgIpc) is 2.29. The van der Waals surface area contributed by atoms with E-state index in [1.807, 2.05) is 0 Å². The number of anilines is 1. The fourth-order valence-corrected chi connectivity index (χ4v) is 1.39. The van der Waals surface area contributed by atoms with E-state index >= 15 is 0 Å². The van der Waals surface area contributed by atoms with Crippen LogP contribution in [-0.4, -0.2) is 23.5 Å². The van der Waals surface area contributed by atoms with Gasteiger partial charge < -0.3 is 16.2 Å². The van der Waals surface area contributed by atoms with E-state index in [-0.39, 0.29) is 6.42 Å². The van der Waals surface area contributed by atoms with Gasteiger partial charge in [0, 0.05) is 24.2 Å². The second-order valence-electron chi connectivity index (χ2n) is 3.72. The van der Waals surface area contributed by atoms with Gasteiger partial charge in [0.25, 0.3) is 0 Å². The molecule has 1 rings (SSSR count). The molecular weight excluding hydrogens is 220 g/mol. The highest BCUT2D eigenvalue weighted by Crippen LogP contribution is 2.09. The molecule has 0 saturated heterocycles. The molecule has 0 radical (unpaired) electrons. The predicted octanol–water partition coefficient (Wildman–Crippen LogP) is 1.45. The highest BCUT2D eigenvalue weighted by atomic mass is 16.4. The highest BCUT2D eigenvalue weighted by molar-refractivity contribution is 5.93. The Balaban J connectivity index is 2.27. The van der Waals surface area contributed by atoms with Gasteiger partial charge in [-0.25, -0.2) is 0 Å². The van der Waals surface area contributed by atoms with Crippen molar-refractivity contribution in [2.45, 2.75) is 19.3 Å². The number of unbranched alkanes of at least 4 members (excludes halogenated alkanes) is 1. The Hall–Kier alpha value is -2.04. The molecule has 4 N–H and O–H groups in total. The molecule has 0 unspecified atom stereocenters. The Kier molecular flexibility index (Phi) is 5.00. The molecule has 0 bridgehead atoms. The van der Waals surface area contributed by atoms with Crippen LogP contribution in [0.4, 0.5) is 5.69 Å². The number of carbonyl (C=O) groups excluding carboxylic acids is 1. The predicted molar refractivity (Wildman–Crippen MR) is 64.9 cm³/mol. The fraction of sp³-hybridized carbons (Fsp3) is 0.333. The number of benzene rings is 1. The summed E-state index contributed by atoms with van der Waals surface area (Å²) in [5.74, 6) is -1.21. The summed E-state index contributed by atoms with van der Waals surface area (Å²) in [5, 5.41) is 11.6. The fourth-order valence-electron chi connectivity index (χ4n) is 1.39. The zero-order chi connectivity index (χ0) is 12.7. The van der Waals surface area contributed by atoms with Crippen molar-refractivity contribution >= 4 is 17.6 Å². The number of carbonyl (C=O) groups is 2. The summed E-state index contributed by atoms with van der Waals surface area (Å²) in [7, 11) is 0. The first-order valence-electron chi connectivity index (χ1n) is 5.45. The van der Waals surface area contributed by atoms with Gasteiger partial charge in [-0.15, -0.1) is 0 Å². The molecule has 1 amide bonds. The van der Waals surface area contributed by atoms with Crippen LogP contribution in [0.2, 0.25) is 0 Å². The number of hydrogen-bond donors (Lipinski definition) is 3. The average molecular weight is 236 g/mol. The van der Waals surface area contributed by atoms with Gasteiger partial charge in [-0.3, -0.25) is 9.59 Å². The zero-order valence-corrected chi connectivity index (χ0v) is 9.48. The molecule has 0 aliphatic carbocycles. The lowest BCUT2D eigenvalue weighted by Crippen LogP contribution is -2.10. The molecule has 5 heteroatoms. The van der Waals surface area contributed by atoms with E-state index in [1.54, 1.807) is 24.3 Å². The Labute approximate surface area is 99.6 Å². The number of carboxylic acids is 1. The summed E-state index contributed by atoms with van der Waals surface area (Å²) >= 11 is 0. The van der Waals surface area contributed by atoms with Crippen LogP contribution in [0, 0.1) is 0 Å². The molecule has 0 aromatic heterocycles. The highest BCUT2D eigenvalue weighted by Gasteiger charge is 1.99. The van der Waals surface area contributed by atoms with Crippen molar-refractivity contribution in [1.82, 2.24) is 0 Å². The van der Waals surface area contributed by atoms with Gasteiger partial charge in [-0.2, -0.15) is 0 Å². The van der Waals surface area contributed by atoms with Crippen molar-refractivity contribution in [2.24, 2.45) is 5.73 Å². The van der Waals surface area contributed by atoms with Gasteiger partial charge in [0.2, 0.25) is 5.91 Å². The second kappa shape index (κ2) is 6.52. The van der Waals surface area contributed by atoms with Crippen LogP contribution >= 0.6 is 0 Å². The molecule has 5 nitrogen and oxygen atoms in total. The molecule has 0 heterocycles. The number of hydrogen-bond acceptors (Lipinski definition) is 3. The molecular formula is C12H16N2O3. The van der Waals surface area contributed by atoms with E-state index < -0.39 is 11.9 Å². The zero-order valence-electron chi connectivity index (χ0n) is 9.48. The van der Waals surface area contributed by atoms with Gasteiger partial charge in [-0.05, 0) is 37.1 Å². The minimum Gasteiger partial charge on any atom is -0.481 e. The van der Waals surface area contributed by atoms with E-state index in [0.717, 1.165) is 12.1 Å². The normalized spacial score (nSPS) is 9.88.